The van der Waals surface area contributed by atoms with E-state index in [4.69, 9.17) is 13.7 Å². The molecule has 24 heavy (non-hydrogen) atoms. The van der Waals surface area contributed by atoms with Crippen LogP contribution in [0.1, 0.15) is 11.8 Å². The second kappa shape index (κ2) is 6.25. The molecule has 0 unspecified atom stereocenters. The third-order valence-electron chi connectivity index (χ3n) is 3.32. The molecule has 0 aliphatic carbocycles. The van der Waals surface area contributed by atoms with Crippen LogP contribution in [0.15, 0.2) is 50.7 Å². The average molecular weight is 340 g/mol. The first-order valence-electron chi connectivity index (χ1n) is 7.15. The van der Waals surface area contributed by atoms with Gasteiger partial charge < -0.3 is 13.7 Å². The van der Waals surface area contributed by atoms with E-state index in [0.29, 0.717) is 29.9 Å². The molecular weight excluding hydrogens is 328 g/mol. The van der Waals surface area contributed by atoms with Crippen LogP contribution in [0.3, 0.4) is 0 Å². The van der Waals surface area contributed by atoms with Crippen molar-refractivity contribution in [1.82, 2.24) is 20.3 Å². The van der Waals surface area contributed by atoms with Gasteiger partial charge in [-0.2, -0.15) is 4.98 Å². The van der Waals surface area contributed by atoms with Crippen LogP contribution in [0.25, 0.3) is 22.2 Å². The van der Waals surface area contributed by atoms with Gasteiger partial charge >= 0.3 is 0 Å². The van der Waals surface area contributed by atoms with E-state index in [1.165, 1.54) is 0 Å². The molecule has 0 saturated carbocycles. The number of benzene rings is 1. The molecule has 4 aromatic rings. The number of methoxy groups -OCH3 is 1. The molecular formula is C16H12N4O3S. The zero-order chi connectivity index (χ0) is 16.4. The molecule has 0 amide bonds. The Hall–Kier alpha value is -3.00. The topological polar surface area (TPSA) is 87.1 Å². The number of ether oxygens (including phenoxy) is 1. The van der Waals surface area contributed by atoms with Crippen LogP contribution in [0.5, 0.6) is 5.75 Å². The SMILES string of the molecule is COc1ccc(-c2nnc(Cc3nc(-c4cccs4)no3)o2)cc1. The molecule has 4 rings (SSSR count). The maximum atomic E-state index is 5.66. The van der Waals surface area contributed by atoms with Gasteiger partial charge in [0.2, 0.25) is 23.5 Å². The minimum Gasteiger partial charge on any atom is -0.497 e. The monoisotopic (exact) mass is 340 g/mol. The lowest BCUT2D eigenvalue weighted by Crippen LogP contribution is -1.88. The highest BCUT2D eigenvalue weighted by molar-refractivity contribution is 7.13. The molecule has 0 N–H and O–H groups in total. The zero-order valence-electron chi connectivity index (χ0n) is 12.7. The van der Waals surface area contributed by atoms with Crippen molar-refractivity contribution >= 4 is 11.3 Å². The van der Waals surface area contributed by atoms with Crippen LogP contribution >= 0.6 is 11.3 Å². The van der Waals surface area contributed by atoms with Crippen molar-refractivity contribution in [3.8, 4) is 27.9 Å². The first-order chi connectivity index (χ1) is 11.8. The first-order valence-corrected chi connectivity index (χ1v) is 8.03. The highest BCUT2D eigenvalue weighted by Gasteiger charge is 2.14. The summed E-state index contributed by atoms with van der Waals surface area (Å²) < 4.78 is 16.0. The molecule has 0 fully saturated rings. The Kier molecular flexibility index (Phi) is 3.80. The predicted molar refractivity (Wildman–Crippen MR) is 86.7 cm³/mol. The molecule has 3 aromatic heterocycles. The summed E-state index contributed by atoms with van der Waals surface area (Å²) in [4.78, 5) is 5.29. The second-order valence-electron chi connectivity index (χ2n) is 4.90. The van der Waals surface area contributed by atoms with E-state index in [0.717, 1.165) is 16.2 Å². The molecule has 8 heteroatoms. The average Bonchev–Trinajstić information content (AvgIpc) is 3.37. The predicted octanol–water partition coefficient (Wildman–Crippen LogP) is 3.45. The van der Waals surface area contributed by atoms with Crippen molar-refractivity contribution in [1.29, 1.82) is 0 Å². The molecule has 0 atom stereocenters. The van der Waals surface area contributed by atoms with Gasteiger partial charge in [0.15, 0.2) is 0 Å². The van der Waals surface area contributed by atoms with Crippen molar-refractivity contribution in [2.45, 2.75) is 6.42 Å². The minimum absolute atomic E-state index is 0.293. The van der Waals surface area contributed by atoms with Gasteiger partial charge in [-0.05, 0) is 35.7 Å². The molecule has 120 valence electrons. The van der Waals surface area contributed by atoms with Gasteiger partial charge in [0, 0.05) is 5.56 Å². The van der Waals surface area contributed by atoms with E-state index in [9.17, 15) is 0 Å². The molecule has 0 aliphatic rings. The van der Waals surface area contributed by atoms with Gasteiger partial charge in [0.05, 0.1) is 12.0 Å². The highest BCUT2D eigenvalue weighted by Crippen LogP contribution is 2.23. The summed E-state index contributed by atoms with van der Waals surface area (Å²) in [5.74, 6) is 2.62. The number of thiophene rings is 1. The highest BCUT2D eigenvalue weighted by atomic mass is 32.1. The van der Waals surface area contributed by atoms with E-state index in [-0.39, 0.29) is 0 Å². The van der Waals surface area contributed by atoms with E-state index >= 15 is 0 Å². The summed E-state index contributed by atoms with van der Waals surface area (Å²) in [6.07, 6.45) is 0.293. The Morgan fingerprint density at radius 3 is 2.71 bits per heavy atom. The van der Waals surface area contributed by atoms with E-state index in [2.05, 4.69) is 20.3 Å². The van der Waals surface area contributed by atoms with Crippen molar-refractivity contribution in [3.63, 3.8) is 0 Å². The molecule has 7 nitrogen and oxygen atoms in total. The Bertz CT molecular complexity index is 929. The first kappa shape index (κ1) is 14.6. The Morgan fingerprint density at radius 2 is 1.96 bits per heavy atom. The van der Waals surface area contributed by atoms with Crippen LogP contribution in [0.4, 0.5) is 0 Å². The van der Waals surface area contributed by atoms with Gasteiger partial charge in [0.1, 0.15) is 12.2 Å². The Balaban J connectivity index is 1.50. The summed E-state index contributed by atoms with van der Waals surface area (Å²) in [7, 11) is 1.62. The maximum absolute atomic E-state index is 5.66. The lowest BCUT2D eigenvalue weighted by molar-refractivity contribution is 0.374. The number of aromatic nitrogens is 4. The van der Waals surface area contributed by atoms with Gasteiger partial charge in [-0.25, -0.2) is 0 Å². The number of hydrogen-bond acceptors (Lipinski definition) is 8. The summed E-state index contributed by atoms with van der Waals surface area (Å²) >= 11 is 1.55. The molecule has 1 aromatic carbocycles. The molecule has 0 bridgehead atoms. The molecule has 0 saturated heterocycles. The largest absolute Gasteiger partial charge is 0.497 e. The fraction of sp³-hybridized carbons (Fsp3) is 0.125. The van der Waals surface area contributed by atoms with Gasteiger partial charge in [-0.1, -0.05) is 11.2 Å². The smallest absolute Gasteiger partial charge is 0.247 e. The Labute approximate surface area is 140 Å². The number of rotatable bonds is 5. The van der Waals surface area contributed by atoms with Gasteiger partial charge in [0.25, 0.3) is 0 Å². The molecule has 0 aliphatic heterocycles. The normalized spacial score (nSPS) is 10.9. The lowest BCUT2D eigenvalue weighted by atomic mass is 10.2. The quantitative estimate of drug-likeness (QED) is 0.550. The molecule has 0 spiro atoms. The van der Waals surface area contributed by atoms with Crippen LogP contribution in [0.2, 0.25) is 0 Å². The lowest BCUT2D eigenvalue weighted by Gasteiger charge is -1.99. The minimum atomic E-state index is 0.293. The fourth-order valence-electron chi connectivity index (χ4n) is 2.14. The van der Waals surface area contributed by atoms with Crippen LogP contribution in [-0.2, 0) is 6.42 Å². The standard InChI is InChI=1S/C16H12N4O3S/c1-21-11-6-4-10(5-7-11)16-19-18-14(22-16)9-13-17-15(20-23-13)12-3-2-8-24-12/h2-8H,9H2,1H3. The summed E-state index contributed by atoms with van der Waals surface area (Å²) in [6.45, 7) is 0. The second-order valence-corrected chi connectivity index (χ2v) is 5.84. The van der Waals surface area contributed by atoms with Gasteiger partial charge in [-0.3, -0.25) is 0 Å². The van der Waals surface area contributed by atoms with Crippen molar-refractivity contribution in [2.75, 3.05) is 7.11 Å². The van der Waals surface area contributed by atoms with Crippen LogP contribution in [-0.4, -0.2) is 27.4 Å². The zero-order valence-corrected chi connectivity index (χ0v) is 13.5. The number of nitrogens with zero attached hydrogens (tertiary/aromatic N) is 4. The number of hydrogen-bond donors (Lipinski definition) is 0. The molecule has 0 radical (unpaired) electrons. The third-order valence-corrected chi connectivity index (χ3v) is 4.18. The van der Waals surface area contributed by atoms with Crippen molar-refractivity contribution in [2.24, 2.45) is 0 Å². The van der Waals surface area contributed by atoms with E-state index in [1.54, 1.807) is 18.4 Å². The van der Waals surface area contributed by atoms with E-state index < -0.39 is 0 Å². The van der Waals surface area contributed by atoms with Crippen LogP contribution in [0, 0.1) is 0 Å². The Morgan fingerprint density at radius 1 is 1.08 bits per heavy atom. The summed E-state index contributed by atoms with van der Waals surface area (Å²) in [6, 6.07) is 11.3. The summed E-state index contributed by atoms with van der Waals surface area (Å²) in [5, 5.41) is 14.0. The van der Waals surface area contributed by atoms with Crippen molar-refractivity contribution in [3.05, 3.63) is 53.6 Å². The van der Waals surface area contributed by atoms with Gasteiger partial charge in [-0.15, -0.1) is 21.5 Å². The third kappa shape index (κ3) is 2.91. The fourth-order valence-corrected chi connectivity index (χ4v) is 2.79. The van der Waals surface area contributed by atoms with Crippen LogP contribution < -0.4 is 4.74 Å². The van der Waals surface area contributed by atoms with Crippen molar-refractivity contribution < 1.29 is 13.7 Å². The van der Waals surface area contributed by atoms with E-state index in [1.807, 2.05) is 41.8 Å². The summed E-state index contributed by atoms with van der Waals surface area (Å²) in [5.41, 5.74) is 0.819. The molecule has 3 heterocycles. The maximum Gasteiger partial charge on any atom is 0.247 e.